The number of hydrogen-bond donors (Lipinski definition) is 1. The second-order valence-corrected chi connectivity index (χ2v) is 5.16. The van der Waals surface area contributed by atoms with Crippen LogP contribution in [0.4, 0.5) is 0 Å². The van der Waals surface area contributed by atoms with Gasteiger partial charge in [0.1, 0.15) is 5.54 Å². The van der Waals surface area contributed by atoms with Gasteiger partial charge in [0, 0.05) is 13.0 Å². The maximum Gasteiger partial charge on any atom is 0.248 e. The molecule has 1 spiro atoms. The van der Waals surface area contributed by atoms with Crippen LogP contribution in [-0.4, -0.2) is 38.9 Å². The first-order valence-electron chi connectivity index (χ1n) is 6.55. The third kappa shape index (κ3) is 2.20. The number of rotatable bonds is 2. The van der Waals surface area contributed by atoms with Crippen LogP contribution in [0.25, 0.3) is 0 Å². The maximum atomic E-state index is 12.7. The summed E-state index contributed by atoms with van der Waals surface area (Å²) in [6.07, 6.45) is 4.96. The summed E-state index contributed by atoms with van der Waals surface area (Å²) in [7, 11) is 0. The molecule has 2 heterocycles. The summed E-state index contributed by atoms with van der Waals surface area (Å²) < 4.78 is 4.68. The van der Waals surface area contributed by atoms with Gasteiger partial charge in [-0.25, -0.2) is 0 Å². The second kappa shape index (κ2) is 4.64. The van der Waals surface area contributed by atoms with E-state index < -0.39 is 5.54 Å². The van der Waals surface area contributed by atoms with Crippen LogP contribution >= 0.6 is 0 Å². The molecule has 7 heteroatoms. The maximum absolute atomic E-state index is 12.7. The minimum atomic E-state index is -0.697. The summed E-state index contributed by atoms with van der Waals surface area (Å²) in [5, 5.41) is 6.64. The zero-order valence-corrected chi connectivity index (χ0v) is 10.6. The Morgan fingerprint density at radius 3 is 2.84 bits per heavy atom. The fourth-order valence-electron chi connectivity index (χ4n) is 2.92. The van der Waals surface area contributed by atoms with E-state index in [1.165, 1.54) is 6.39 Å². The molecule has 1 aliphatic heterocycles. The third-order valence-corrected chi connectivity index (χ3v) is 3.88. The van der Waals surface area contributed by atoms with Crippen molar-refractivity contribution < 1.29 is 14.1 Å². The van der Waals surface area contributed by atoms with Crippen LogP contribution in [-0.2, 0) is 16.1 Å². The van der Waals surface area contributed by atoms with Crippen LogP contribution in [0.3, 0.4) is 0 Å². The van der Waals surface area contributed by atoms with Crippen molar-refractivity contribution in [3.8, 4) is 0 Å². The SMILES string of the molecule is O=C1CCN(Cc2ncon2)C(=O)C2(CCCC2)N1. The van der Waals surface area contributed by atoms with Gasteiger partial charge in [0.2, 0.25) is 18.2 Å². The highest BCUT2D eigenvalue weighted by molar-refractivity contribution is 5.93. The Kier molecular flexibility index (Phi) is 2.96. The van der Waals surface area contributed by atoms with E-state index in [0.717, 1.165) is 25.7 Å². The smallest absolute Gasteiger partial charge is 0.248 e. The van der Waals surface area contributed by atoms with Crippen molar-refractivity contribution >= 4 is 11.8 Å². The van der Waals surface area contributed by atoms with Crippen LogP contribution in [0.1, 0.15) is 37.9 Å². The molecule has 2 aliphatic rings. The number of amides is 2. The molecular weight excluding hydrogens is 248 g/mol. The van der Waals surface area contributed by atoms with Gasteiger partial charge in [-0.05, 0) is 12.8 Å². The van der Waals surface area contributed by atoms with Crippen LogP contribution in [0.15, 0.2) is 10.9 Å². The third-order valence-electron chi connectivity index (χ3n) is 3.88. The summed E-state index contributed by atoms with van der Waals surface area (Å²) in [5.41, 5.74) is -0.697. The van der Waals surface area contributed by atoms with Gasteiger partial charge in [-0.1, -0.05) is 18.0 Å². The standard InChI is InChI=1S/C12H16N4O3/c17-10-3-6-16(7-9-13-8-19-15-9)11(18)12(14-10)4-1-2-5-12/h8H,1-7H2,(H,14,17). The van der Waals surface area contributed by atoms with Crippen molar-refractivity contribution in [2.24, 2.45) is 0 Å². The zero-order valence-electron chi connectivity index (χ0n) is 10.6. The lowest BCUT2D eigenvalue weighted by Gasteiger charge is -2.31. The summed E-state index contributed by atoms with van der Waals surface area (Å²) in [5.74, 6) is 0.405. The molecule has 0 radical (unpaired) electrons. The molecule has 3 rings (SSSR count). The molecule has 2 amide bonds. The molecule has 0 atom stereocenters. The van der Waals surface area contributed by atoms with Gasteiger partial charge in [-0.3, -0.25) is 9.59 Å². The molecule has 1 saturated heterocycles. The van der Waals surface area contributed by atoms with E-state index in [2.05, 4.69) is 20.0 Å². The Balaban J connectivity index is 1.83. The number of nitrogens with zero attached hydrogens (tertiary/aromatic N) is 3. The molecule has 102 valence electrons. The largest absolute Gasteiger partial charge is 0.343 e. The van der Waals surface area contributed by atoms with Crippen molar-refractivity contribution in [1.82, 2.24) is 20.4 Å². The van der Waals surface area contributed by atoms with Crippen molar-refractivity contribution in [1.29, 1.82) is 0 Å². The molecule has 1 N–H and O–H groups in total. The molecule has 2 fully saturated rings. The van der Waals surface area contributed by atoms with Crippen LogP contribution in [0.5, 0.6) is 0 Å². The molecule has 7 nitrogen and oxygen atoms in total. The minimum Gasteiger partial charge on any atom is -0.343 e. The molecule has 1 aromatic heterocycles. The van der Waals surface area contributed by atoms with E-state index >= 15 is 0 Å². The second-order valence-electron chi connectivity index (χ2n) is 5.16. The molecule has 1 aromatic rings. The van der Waals surface area contributed by atoms with Crippen molar-refractivity contribution in [2.45, 2.75) is 44.2 Å². The number of aromatic nitrogens is 2. The summed E-state index contributed by atoms with van der Waals surface area (Å²) in [6.45, 7) is 0.701. The fraction of sp³-hybridized carbons (Fsp3) is 0.667. The van der Waals surface area contributed by atoms with Gasteiger partial charge in [0.25, 0.3) is 0 Å². The van der Waals surface area contributed by atoms with E-state index in [0.29, 0.717) is 25.3 Å². The lowest BCUT2D eigenvalue weighted by molar-refractivity contribution is -0.139. The minimum absolute atomic E-state index is 0.0133. The van der Waals surface area contributed by atoms with E-state index in [9.17, 15) is 9.59 Å². The van der Waals surface area contributed by atoms with E-state index in [1.54, 1.807) is 4.90 Å². The summed E-state index contributed by atoms with van der Waals surface area (Å²) >= 11 is 0. The quantitative estimate of drug-likeness (QED) is 0.826. The van der Waals surface area contributed by atoms with E-state index in [1.807, 2.05) is 0 Å². The highest BCUT2D eigenvalue weighted by Crippen LogP contribution is 2.33. The predicted octanol–water partition coefficient (Wildman–Crippen LogP) is 0.231. The van der Waals surface area contributed by atoms with Gasteiger partial charge in [-0.15, -0.1) is 0 Å². The van der Waals surface area contributed by atoms with Crippen LogP contribution in [0, 0.1) is 0 Å². The van der Waals surface area contributed by atoms with Gasteiger partial charge < -0.3 is 14.7 Å². The molecule has 19 heavy (non-hydrogen) atoms. The average Bonchev–Trinajstić information content (AvgIpc) is 3.03. The molecule has 0 bridgehead atoms. The first-order valence-corrected chi connectivity index (χ1v) is 6.55. The lowest BCUT2D eigenvalue weighted by Crippen LogP contribution is -2.55. The normalized spacial score (nSPS) is 22.6. The van der Waals surface area contributed by atoms with E-state index in [4.69, 9.17) is 0 Å². The Labute approximate surface area is 110 Å². The summed E-state index contributed by atoms with van der Waals surface area (Å²) in [4.78, 5) is 30.1. The molecule has 0 aromatic carbocycles. The Morgan fingerprint density at radius 2 is 2.16 bits per heavy atom. The zero-order chi connectivity index (χ0) is 13.3. The van der Waals surface area contributed by atoms with Crippen molar-refractivity contribution in [3.05, 3.63) is 12.2 Å². The van der Waals surface area contributed by atoms with Gasteiger partial charge in [-0.2, -0.15) is 4.98 Å². The number of hydrogen-bond acceptors (Lipinski definition) is 5. The van der Waals surface area contributed by atoms with Crippen LogP contribution < -0.4 is 5.32 Å². The summed E-state index contributed by atoms with van der Waals surface area (Å²) in [6, 6.07) is 0. The topological polar surface area (TPSA) is 88.3 Å². The van der Waals surface area contributed by atoms with E-state index in [-0.39, 0.29) is 11.8 Å². The highest BCUT2D eigenvalue weighted by Gasteiger charge is 2.46. The molecule has 1 saturated carbocycles. The Bertz CT molecular complexity index is 479. The number of carbonyl (C=O) groups excluding carboxylic acids is 2. The van der Waals surface area contributed by atoms with Crippen molar-refractivity contribution in [2.75, 3.05) is 6.54 Å². The first-order chi connectivity index (χ1) is 9.20. The fourth-order valence-corrected chi connectivity index (χ4v) is 2.92. The van der Waals surface area contributed by atoms with Crippen LogP contribution in [0.2, 0.25) is 0 Å². The molecular formula is C12H16N4O3. The van der Waals surface area contributed by atoms with Gasteiger partial charge in [0.05, 0.1) is 6.54 Å². The predicted molar refractivity (Wildman–Crippen MR) is 63.7 cm³/mol. The molecule has 1 aliphatic carbocycles. The lowest BCUT2D eigenvalue weighted by atomic mass is 9.96. The van der Waals surface area contributed by atoms with Crippen molar-refractivity contribution in [3.63, 3.8) is 0 Å². The monoisotopic (exact) mass is 264 g/mol. The van der Waals surface area contributed by atoms with Gasteiger partial charge in [0.15, 0.2) is 5.82 Å². The Morgan fingerprint density at radius 1 is 1.37 bits per heavy atom. The highest BCUT2D eigenvalue weighted by atomic mass is 16.5. The first kappa shape index (κ1) is 12.1. The Hall–Kier alpha value is -1.92. The number of nitrogens with one attached hydrogen (secondary N) is 1. The van der Waals surface area contributed by atoms with Gasteiger partial charge >= 0.3 is 0 Å². The number of carbonyl (C=O) groups is 2. The molecule has 0 unspecified atom stereocenters. The average molecular weight is 264 g/mol.